The molecule has 0 spiro atoms. The van der Waals surface area contributed by atoms with E-state index in [0.29, 0.717) is 5.01 Å². The lowest BCUT2D eigenvalue weighted by atomic mass is 10.4. The van der Waals surface area contributed by atoms with E-state index < -0.39 is 19.0 Å². The van der Waals surface area contributed by atoms with E-state index in [1.165, 1.54) is 17.5 Å². The smallest absolute Gasteiger partial charge is 0.330 e. The van der Waals surface area contributed by atoms with Crippen LogP contribution in [0.1, 0.15) is 5.01 Å². The second kappa shape index (κ2) is 4.70. The molecule has 0 aromatic carbocycles. The van der Waals surface area contributed by atoms with Crippen LogP contribution in [0, 0.1) is 0 Å². The largest absolute Gasteiger partial charge is 0.368 e. The van der Waals surface area contributed by atoms with E-state index in [1.807, 2.05) is 0 Å². The van der Waals surface area contributed by atoms with Crippen LogP contribution in [0.2, 0.25) is 0 Å². The van der Waals surface area contributed by atoms with Crippen LogP contribution in [0.4, 0.5) is 17.6 Å². The Morgan fingerprint density at radius 3 is 2.71 bits per heavy atom. The van der Waals surface area contributed by atoms with Gasteiger partial charge >= 0.3 is 12.3 Å². The van der Waals surface area contributed by atoms with Crippen molar-refractivity contribution in [3.05, 3.63) is 16.6 Å². The summed E-state index contributed by atoms with van der Waals surface area (Å²) in [6.07, 6.45) is -2.21. The van der Waals surface area contributed by atoms with Crippen molar-refractivity contribution < 1.29 is 22.3 Å². The SMILES string of the molecule is FC(F)C(F)(F)COCc1nccs1. The number of hydrogen-bond donors (Lipinski definition) is 0. The van der Waals surface area contributed by atoms with E-state index in [0.717, 1.165) is 0 Å². The highest BCUT2D eigenvalue weighted by molar-refractivity contribution is 7.09. The zero-order valence-corrected chi connectivity index (χ0v) is 7.74. The first-order chi connectivity index (χ1) is 6.52. The summed E-state index contributed by atoms with van der Waals surface area (Å²) in [7, 11) is 0. The minimum atomic E-state index is -4.09. The number of ether oxygens (including phenoxy) is 1. The third-order valence-corrected chi connectivity index (χ3v) is 2.08. The number of alkyl halides is 4. The highest BCUT2D eigenvalue weighted by atomic mass is 32.1. The van der Waals surface area contributed by atoms with E-state index >= 15 is 0 Å². The van der Waals surface area contributed by atoms with Crippen LogP contribution in [-0.2, 0) is 11.3 Å². The molecule has 1 aromatic heterocycles. The Kier molecular flexibility index (Phi) is 3.82. The van der Waals surface area contributed by atoms with Gasteiger partial charge in [0.1, 0.15) is 11.6 Å². The minimum Gasteiger partial charge on any atom is -0.368 e. The predicted molar refractivity (Wildman–Crippen MR) is 42.7 cm³/mol. The topological polar surface area (TPSA) is 22.1 Å². The van der Waals surface area contributed by atoms with Gasteiger partial charge in [-0.15, -0.1) is 11.3 Å². The molecule has 80 valence electrons. The summed E-state index contributed by atoms with van der Waals surface area (Å²) < 4.78 is 52.3. The monoisotopic (exact) mass is 229 g/mol. The third kappa shape index (κ3) is 3.22. The molecule has 0 bridgehead atoms. The summed E-state index contributed by atoms with van der Waals surface area (Å²) in [5.74, 6) is -4.09. The molecule has 0 aliphatic rings. The highest BCUT2D eigenvalue weighted by Gasteiger charge is 2.40. The summed E-state index contributed by atoms with van der Waals surface area (Å²) in [5.41, 5.74) is 0. The zero-order valence-electron chi connectivity index (χ0n) is 6.92. The van der Waals surface area contributed by atoms with E-state index in [4.69, 9.17) is 0 Å². The van der Waals surface area contributed by atoms with Crippen molar-refractivity contribution >= 4 is 11.3 Å². The maximum atomic E-state index is 12.3. The second-order valence-electron chi connectivity index (χ2n) is 2.48. The van der Waals surface area contributed by atoms with Gasteiger partial charge in [-0.2, -0.15) is 8.78 Å². The molecule has 0 atom stereocenters. The normalized spacial score (nSPS) is 12.4. The van der Waals surface area contributed by atoms with Crippen LogP contribution in [0.3, 0.4) is 0 Å². The van der Waals surface area contributed by atoms with Gasteiger partial charge in [0.25, 0.3) is 0 Å². The molecule has 0 unspecified atom stereocenters. The van der Waals surface area contributed by atoms with Crippen LogP contribution in [-0.4, -0.2) is 23.9 Å². The van der Waals surface area contributed by atoms with Crippen molar-refractivity contribution in [2.75, 3.05) is 6.61 Å². The first-order valence-electron chi connectivity index (χ1n) is 3.64. The molecule has 0 N–H and O–H groups in total. The first kappa shape index (κ1) is 11.4. The molecule has 0 amide bonds. The molecular weight excluding hydrogens is 222 g/mol. The summed E-state index contributed by atoms with van der Waals surface area (Å²) in [5, 5.41) is 2.12. The molecule has 7 heteroatoms. The fourth-order valence-corrected chi connectivity index (χ4v) is 1.21. The molecule has 0 radical (unpaired) electrons. The van der Waals surface area contributed by atoms with Gasteiger partial charge in [0.15, 0.2) is 0 Å². The van der Waals surface area contributed by atoms with E-state index in [9.17, 15) is 17.6 Å². The van der Waals surface area contributed by atoms with Gasteiger partial charge in [-0.3, -0.25) is 0 Å². The Hall–Kier alpha value is -0.690. The number of nitrogens with zero attached hydrogens (tertiary/aromatic N) is 1. The maximum absolute atomic E-state index is 12.3. The standard InChI is InChI=1S/C7H7F4NOS/c8-6(9)7(10,11)4-13-3-5-12-1-2-14-5/h1-2,6H,3-4H2. The van der Waals surface area contributed by atoms with Crippen LogP contribution in [0.25, 0.3) is 0 Å². The Morgan fingerprint density at radius 1 is 1.50 bits per heavy atom. The van der Waals surface area contributed by atoms with Crippen LogP contribution < -0.4 is 0 Å². The molecule has 1 aromatic rings. The van der Waals surface area contributed by atoms with E-state index in [1.54, 1.807) is 5.38 Å². The van der Waals surface area contributed by atoms with Crippen molar-refractivity contribution in [3.63, 3.8) is 0 Å². The summed E-state index contributed by atoms with van der Waals surface area (Å²) in [6, 6.07) is 0. The molecule has 2 nitrogen and oxygen atoms in total. The number of thiazole rings is 1. The van der Waals surface area contributed by atoms with Crippen LogP contribution >= 0.6 is 11.3 Å². The maximum Gasteiger partial charge on any atom is 0.330 e. The highest BCUT2D eigenvalue weighted by Crippen LogP contribution is 2.23. The fourth-order valence-electron chi connectivity index (χ4n) is 0.662. The molecule has 0 aliphatic heterocycles. The number of halogens is 4. The molecule has 0 fully saturated rings. The number of rotatable bonds is 5. The molecule has 0 aliphatic carbocycles. The Bertz CT molecular complexity index is 265. The average molecular weight is 229 g/mol. The molecule has 0 saturated carbocycles. The Morgan fingerprint density at radius 2 is 2.21 bits per heavy atom. The predicted octanol–water partition coefficient (Wildman–Crippen LogP) is 2.56. The average Bonchev–Trinajstić information content (AvgIpc) is 2.56. The molecule has 0 saturated heterocycles. The number of aromatic nitrogens is 1. The summed E-state index contributed by atoms with van der Waals surface area (Å²) in [4.78, 5) is 3.74. The van der Waals surface area contributed by atoms with Crippen molar-refractivity contribution in [2.45, 2.75) is 19.0 Å². The van der Waals surface area contributed by atoms with Crippen molar-refractivity contribution in [1.29, 1.82) is 0 Å². The van der Waals surface area contributed by atoms with Gasteiger partial charge in [-0.25, -0.2) is 13.8 Å². The lowest BCUT2D eigenvalue weighted by molar-refractivity contribution is -0.168. The van der Waals surface area contributed by atoms with Gasteiger partial charge < -0.3 is 4.74 Å². The van der Waals surface area contributed by atoms with Gasteiger partial charge in [0.05, 0.1) is 6.61 Å². The molecule has 1 heterocycles. The van der Waals surface area contributed by atoms with Crippen LogP contribution in [0.15, 0.2) is 11.6 Å². The molecule has 14 heavy (non-hydrogen) atoms. The summed E-state index contributed by atoms with van der Waals surface area (Å²) >= 11 is 1.21. The second-order valence-corrected chi connectivity index (χ2v) is 3.46. The fraction of sp³-hybridized carbons (Fsp3) is 0.571. The van der Waals surface area contributed by atoms with Gasteiger partial charge in [0.2, 0.25) is 0 Å². The molecule has 1 rings (SSSR count). The lowest BCUT2D eigenvalue weighted by Crippen LogP contribution is -2.32. The third-order valence-electron chi connectivity index (χ3n) is 1.32. The van der Waals surface area contributed by atoms with Crippen molar-refractivity contribution in [3.8, 4) is 0 Å². The summed E-state index contributed by atoms with van der Waals surface area (Å²) in [6.45, 7) is -1.45. The van der Waals surface area contributed by atoms with Crippen molar-refractivity contribution in [2.24, 2.45) is 0 Å². The Balaban J connectivity index is 2.28. The minimum absolute atomic E-state index is 0.167. The van der Waals surface area contributed by atoms with Crippen molar-refractivity contribution in [1.82, 2.24) is 4.98 Å². The number of hydrogen-bond acceptors (Lipinski definition) is 3. The van der Waals surface area contributed by atoms with Gasteiger partial charge in [0, 0.05) is 11.6 Å². The first-order valence-corrected chi connectivity index (χ1v) is 4.52. The van der Waals surface area contributed by atoms with Gasteiger partial charge in [-0.1, -0.05) is 0 Å². The molecular formula is C7H7F4NOS. The quantitative estimate of drug-likeness (QED) is 0.724. The van der Waals surface area contributed by atoms with E-state index in [-0.39, 0.29) is 6.61 Å². The van der Waals surface area contributed by atoms with E-state index in [2.05, 4.69) is 9.72 Å². The van der Waals surface area contributed by atoms with Gasteiger partial charge in [-0.05, 0) is 0 Å². The zero-order chi connectivity index (χ0) is 10.6. The van der Waals surface area contributed by atoms with Crippen LogP contribution in [0.5, 0.6) is 0 Å². The Labute approximate surface area is 81.5 Å². The lowest BCUT2D eigenvalue weighted by Gasteiger charge is -2.14.